The molecule has 0 aliphatic carbocycles. The number of piperazine rings is 1. The summed E-state index contributed by atoms with van der Waals surface area (Å²) in [5, 5.41) is 7.01. The van der Waals surface area contributed by atoms with E-state index >= 15 is 0 Å². The Morgan fingerprint density at radius 2 is 1.94 bits per heavy atom. The molecule has 1 aliphatic heterocycles. The molecule has 0 saturated carbocycles. The van der Waals surface area contributed by atoms with Crippen molar-refractivity contribution >= 4 is 17.4 Å². The molecule has 3 heterocycles. The second kappa shape index (κ2) is 9.11. The zero-order chi connectivity index (χ0) is 22.7. The molecule has 1 N–H and O–H groups in total. The topological polar surface area (TPSA) is 78.7 Å². The highest BCUT2D eigenvalue weighted by molar-refractivity contribution is 5.90. The third-order valence-electron chi connectivity index (χ3n) is 5.48. The normalized spacial score (nSPS) is 15.3. The molecule has 0 bridgehead atoms. The van der Waals surface area contributed by atoms with Crippen molar-refractivity contribution in [3.63, 3.8) is 0 Å². The Morgan fingerprint density at radius 1 is 1.16 bits per heavy atom. The Kier molecular flexibility index (Phi) is 6.26. The van der Waals surface area contributed by atoms with Crippen LogP contribution in [0.2, 0.25) is 0 Å². The lowest BCUT2D eigenvalue weighted by Gasteiger charge is -2.36. The summed E-state index contributed by atoms with van der Waals surface area (Å²) in [6, 6.07) is 7.24. The highest BCUT2D eigenvalue weighted by atomic mass is 19.4. The van der Waals surface area contributed by atoms with E-state index in [0.29, 0.717) is 31.1 Å². The maximum absolute atomic E-state index is 12.9. The second-order valence-electron chi connectivity index (χ2n) is 7.72. The molecule has 8 nitrogen and oxygen atoms in total. The third-order valence-corrected chi connectivity index (χ3v) is 5.48. The lowest BCUT2D eigenvalue weighted by Crippen LogP contribution is -2.47. The number of hydrogen-bond donors (Lipinski definition) is 1. The van der Waals surface area contributed by atoms with Crippen molar-refractivity contribution in [1.82, 2.24) is 29.8 Å². The van der Waals surface area contributed by atoms with Crippen LogP contribution in [-0.4, -0.2) is 69.7 Å². The number of hydrogen-bond acceptors (Lipinski definition) is 6. The van der Waals surface area contributed by atoms with Crippen molar-refractivity contribution in [3.8, 4) is 0 Å². The molecule has 0 radical (unpaired) electrons. The van der Waals surface area contributed by atoms with Crippen molar-refractivity contribution in [1.29, 1.82) is 0 Å². The first-order chi connectivity index (χ1) is 15.3. The fraction of sp³-hybridized carbons (Fsp3) is 0.429. The largest absolute Gasteiger partial charge is 0.416 e. The zero-order valence-electron chi connectivity index (χ0n) is 17.6. The lowest BCUT2D eigenvalue weighted by molar-refractivity contribution is -0.137. The van der Waals surface area contributed by atoms with Crippen LogP contribution in [0.25, 0.3) is 5.78 Å². The summed E-state index contributed by atoms with van der Waals surface area (Å²) < 4.78 is 40.3. The molecule has 4 rings (SSSR count). The number of aromatic nitrogens is 4. The highest BCUT2D eigenvalue weighted by Crippen LogP contribution is 2.31. The van der Waals surface area contributed by atoms with E-state index in [2.05, 4.69) is 25.3 Å². The first kappa shape index (κ1) is 22.0. The van der Waals surface area contributed by atoms with E-state index in [1.807, 2.05) is 11.8 Å². The van der Waals surface area contributed by atoms with Crippen LogP contribution < -0.4 is 10.2 Å². The number of anilines is 1. The molecule has 11 heteroatoms. The Labute approximate surface area is 183 Å². The molecule has 0 atom stereocenters. The quantitative estimate of drug-likeness (QED) is 0.585. The molecular formula is C21H24F3N7O. The van der Waals surface area contributed by atoms with Gasteiger partial charge in [0.1, 0.15) is 0 Å². The number of carbonyl (C=O) groups excluding carboxylic acids is 1. The van der Waals surface area contributed by atoms with Gasteiger partial charge in [-0.15, -0.1) is 5.10 Å². The minimum atomic E-state index is -4.34. The van der Waals surface area contributed by atoms with Gasteiger partial charge in [0.25, 0.3) is 11.7 Å². The van der Waals surface area contributed by atoms with Gasteiger partial charge in [0.15, 0.2) is 0 Å². The van der Waals surface area contributed by atoms with Crippen LogP contribution in [0, 0.1) is 6.92 Å². The number of alkyl halides is 3. The molecule has 32 heavy (non-hydrogen) atoms. The standard InChI is InChI=1S/C21H24F3N7O/c1-15-6-8-26-20-27-18(28-31(15)20)19(32)25-7-3-9-29-10-12-30(13-11-29)17-5-2-4-16(14-17)21(22,23)24/h2,4-6,8,14H,3,7,9-13H2,1H3,(H,25,32). The number of carbonyl (C=O) groups is 1. The van der Waals surface area contributed by atoms with Crippen molar-refractivity contribution in [2.45, 2.75) is 19.5 Å². The number of rotatable bonds is 6. The number of aryl methyl sites for hydroxylation is 1. The van der Waals surface area contributed by atoms with Gasteiger partial charge in [0.05, 0.1) is 5.56 Å². The van der Waals surface area contributed by atoms with Crippen LogP contribution in [0.4, 0.5) is 18.9 Å². The fourth-order valence-electron chi connectivity index (χ4n) is 3.69. The van der Waals surface area contributed by atoms with E-state index in [9.17, 15) is 18.0 Å². The van der Waals surface area contributed by atoms with Crippen LogP contribution >= 0.6 is 0 Å². The average Bonchev–Trinajstić information content (AvgIpc) is 3.23. The predicted octanol–water partition coefficient (Wildman–Crippen LogP) is 2.39. The first-order valence-corrected chi connectivity index (χ1v) is 10.4. The summed E-state index contributed by atoms with van der Waals surface area (Å²) in [7, 11) is 0. The summed E-state index contributed by atoms with van der Waals surface area (Å²) in [6.45, 7) is 5.95. The molecule has 170 valence electrons. The van der Waals surface area contributed by atoms with E-state index < -0.39 is 11.7 Å². The van der Waals surface area contributed by atoms with E-state index in [0.717, 1.165) is 37.8 Å². The molecule has 1 aromatic carbocycles. The SMILES string of the molecule is Cc1ccnc2nc(C(=O)NCCCN3CCN(c4cccc(C(F)(F)F)c4)CC3)nn12. The number of amides is 1. The highest BCUT2D eigenvalue weighted by Gasteiger charge is 2.31. The van der Waals surface area contributed by atoms with Crippen LogP contribution in [0.3, 0.4) is 0 Å². The minimum absolute atomic E-state index is 0.0847. The maximum Gasteiger partial charge on any atom is 0.416 e. The third kappa shape index (κ3) is 4.98. The van der Waals surface area contributed by atoms with Gasteiger partial charge < -0.3 is 10.2 Å². The van der Waals surface area contributed by atoms with E-state index in [1.54, 1.807) is 18.3 Å². The molecule has 2 aromatic heterocycles. The van der Waals surface area contributed by atoms with E-state index in [4.69, 9.17) is 0 Å². The molecule has 1 aliphatic rings. The summed E-state index contributed by atoms with van der Waals surface area (Å²) >= 11 is 0. The van der Waals surface area contributed by atoms with Crippen molar-refractivity contribution < 1.29 is 18.0 Å². The molecule has 1 fully saturated rings. The van der Waals surface area contributed by atoms with Crippen molar-refractivity contribution in [2.24, 2.45) is 0 Å². The Bertz CT molecular complexity index is 1090. The number of nitrogens with zero attached hydrogens (tertiary/aromatic N) is 6. The van der Waals surface area contributed by atoms with Gasteiger partial charge in [-0.2, -0.15) is 18.2 Å². The molecular weight excluding hydrogens is 423 g/mol. The van der Waals surface area contributed by atoms with Gasteiger partial charge in [0, 0.05) is 50.3 Å². The first-order valence-electron chi connectivity index (χ1n) is 10.4. The Balaban J connectivity index is 1.21. The molecule has 1 amide bonds. The van der Waals surface area contributed by atoms with Crippen molar-refractivity contribution in [3.05, 3.63) is 53.6 Å². The summed E-state index contributed by atoms with van der Waals surface area (Å²) in [6.07, 6.45) is -1.97. The number of halogens is 3. The molecule has 0 spiro atoms. The average molecular weight is 447 g/mol. The summed E-state index contributed by atoms with van der Waals surface area (Å²) in [4.78, 5) is 24.7. The Hall–Kier alpha value is -3.21. The van der Waals surface area contributed by atoms with Gasteiger partial charge in [-0.05, 0) is 44.2 Å². The molecule has 3 aromatic rings. The van der Waals surface area contributed by atoms with E-state index in [-0.39, 0.29) is 11.7 Å². The summed E-state index contributed by atoms with van der Waals surface area (Å²) in [5.41, 5.74) is 0.807. The molecule has 1 saturated heterocycles. The van der Waals surface area contributed by atoms with Crippen molar-refractivity contribution in [2.75, 3.05) is 44.2 Å². The minimum Gasteiger partial charge on any atom is -0.369 e. The predicted molar refractivity (Wildman–Crippen MR) is 113 cm³/mol. The molecule has 0 unspecified atom stereocenters. The lowest BCUT2D eigenvalue weighted by atomic mass is 10.1. The van der Waals surface area contributed by atoms with Crippen LogP contribution in [0.15, 0.2) is 36.5 Å². The fourth-order valence-corrected chi connectivity index (χ4v) is 3.69. The number of fused-ring (bicyclic) bond motifs is 1. The Morgan fingerprint density at radius 3 is 2.66 bits per heavy atom. The van der Waals surface area contributed by atoms with Gasteiger partial charge in [0.2, 0.25) is 5.82 Å². The number of nitrogens with one attached hydrogen (secondary N) is 1. The monoisotopic (exact) mass is 447 g/mol. The van der Waals surface area contributed by atoms with Gasteiger partial charge >= 0.3 is 6.18 Å². The number of benzene rings is 1. The smallest absolute Gasteiger partial charge is 0.369 e. The van der Waals surface area contributed by atoms with Gasteiger partial charge in [-0.25, -0.2) is 9.50 Å². The zero-order valence-corrected chi connectivity index (χ0v) is 17.6. The maximum atomic E-state index is 12.9. The second-order valence-corrected chi connectivity index (χ2v) is 7.72. The van der Waals surface area contributed by atoms with E-state index in [1.165, 1.54) is 16.6 Å². The van der Waals surface area contributed by atoms with Crippen LogP contribution in [0.1, 0.15) is 28.3 Å². The van der Waals surface area contributed by atoms with Gasteiger partial charge in [-0.1, -0.05) is 6.07 Å². The van der Waals surface area contributed by atoms with Gasteiger partial charge in [-0.3, -0.25) is 9.69 Å². The van der Waals surface area contributed by atoms with Crippen LogP contribution in [0.5, 0.6) is 0 Å². The van der Waals surface area contributed by atoms with Crippen LogP contribution in [-0.2, 0) is 6.18 Å². The summed E-state index contributed by atoms with van der Waals surface area (Å²) in [5.74, 6) is 0.125.